The second kappa shape index (κ2) is 8.18. The molecule has 1 aliphatic rings. The Morgan fingerprint density at radius 2 is 1.77 bits per heavy atom. The molecule has 0 radical (unpaired) electrons. The summed E-state index contributed by atoms with van der Waals surface area (Å²) in [5, 5.41) is 3.76. The topological polar surface area (TPSA) is 30.5 Å². The van der Waals surface area contributed by atoms with Gasteiger partial charge in [-0.1, -0.05) is 35.9 Å². The Labute approximate surface area is 155 Å². The van der Waals surface area contributed by atoms with Crippen molar-refractivity contribution < 1.29 is 22.6 Å². The molecule has 0 saturated carbocycles. The van der Waals surface area contributed by atoms with Gasteiger partial charge >= 0.3 is 6.36 Å². The molecular formula is C19H19ClF3NO2. The molecule has 3 rings (SSSR count). The minimum atomic E-state index is -4.78. The Kier molecular flexibility index (Phi) is 5.94. The summed E-state index contributed by atoms with van der Waals surface area (Å²) in [4.78, 5) is 0. The number of ether oxygens (including phenoxy) is 2. The summed E-state index contributed by atoms with van der Waals surface area (Å²) in [7, 11) is 0. The SMILES string of the molecule is FC(F)(F)Oc1ccc(-c2ccccc2Cl)cc1OCC1CCNCC1. The van der Waals surface area contributed by atoms with Gasteiger partial charge in [0.2, 0.25) is 0 Å². The van der Waals surface area contributed by atoms with Crippen LogP contribution in [0.2, 0.25) is 5.02 Å². The zero-order valence-corrected chi connectivity index (χ0v) is 14.7. The zero-order valence-electron chi connectivity index (χ0n) is 14.0. The first-order chi connectivity index (χ1) is 12.4. The summed E-state index contributed by atoms with van der Waals surface area (Å²) in [6.45, 7) is 2.13. The molecule has 0 bridgehead atoms. The normalized spacial score (nSPS) is 15.7. The third-order valence-electron chi connectivity index (χ3n) is 4.29. The van der Waals surface area contributed by atoms with Gasteiger partial charge in [0.15, 0.2) is 11.5 Å². The van der Waals surface area contributed by atoms with E-state index in [-0.39, 0.29) is 11.5 Å². The van der Waals surface area contributed by atoms with Gasteiger partial charge in [-0.3, -0.25) is 0 Å². The maximum absolute atomic E-state index is 12.7. The number of nitrogens with one attached hydrogen (secondary N) is 1. The van der Waals surface area contributed by atoms with E-state index in [2.05, 4.69) is 10.1 Å². The molecule has 0 unspecified atom stereocenters. The number of hydrogen-bond acceptors (Lipinski definition) is 3. The molecule has 7 heteroatoms. The molecule has 0 aliphatic carbocycles. The van der Waals surface area contributed by atoms with E-state index in [0.29, 0.717) is 23.1 Å². The van der Waals surface area contributed by atoms with Crippen LogP contribution in [0.25, 0.3) is 11.1 Å². The lowest BCUT2D eigenvalue weighted by molar-refractivity contribution is -0.275. The van der Waals surface area contributed by atoms with Crippen molar-refractivity contribution in [2.75, 3.05) is 19.7 Å². The number of alkyl halides is 3. The van der Waals surface area contributed by atoms with Gasteiger partial charge in [0, 0.05) is 10.6 Å². The molecule has 3 nitrogen and oxygen atoms in total. The van der Waals surface area contributed by atoms with E-state index >= 15 is 0 Å². The summed E-state index contributed by atoms with van der Waals surface area (Å²) < 4.78 is 47.9. The van der Waals surface area contributed by atoms with E-state index in [9.17, 15) is 13.2 Å². The highest BCUT2D eigenvalue weighted by molar-refractivity contribution is 6.33. The second-order valence-electron chi connectivity index (χ2n) is 6.19. The second-order valence-corrected chi connectivity index (χ2v) is 6.60. The van der Waals surface area contributed by atoms with Crippen molar-refractivity contribution in [3.8, 4) is 22.6 Å². The molecule has 26 heavy (non-hydrogen) atoms. The van der Waals surface area contributed by atoms with Crippen LogP contribution < -0.4 is 14.8 Å². The summed E-state index contributed by atoms with van der Waals surface area (Å²) in [6, 6.07) is 11.5. The predicted octanol–water partition coefficient (Wildman–Crippen LogP) is 5.28. The zero-order chi connectivity index (χ0) is 18.6. The molecule has 1 fully saturated rings. The molecule has 1 saturated heterocycles. The van der Waals surface area contributed by atoms with Crippen LogP contribution in [0.5, 0.6) is 11.5 Å². The average molecular weight is 386 g/mol. The van der Waals surface area contributed by atoms with Crippen LogP contribution in [0.4, 0.5) is 13.2 Å². The number of benzene rings is 2. The monoisotopic (exact) mass is 385 g/mol. The molecular weight excluding hydrogens is 367 g/mol. The molecule has 2 aromatic rings. The Morgan fingerprint density at radius 1 is 1.04 bits per heavy atom. The first-order valence-corrected chi connectivity index (χ1v) is 8.78. The van der Waals surface area contributed by atoms with Gasteiger partial charge in [0.05, 0.1) is 6.61 Å². The van der Waals surface area contributed by atoms with Crippen molar-refractivity contribution in [1.82, 2.24) is 5.32 Å². The van der Waals surface area contributed by atoms with E-state index in [1.165, 1.54) is 6.07 Å². The summed E-state index contributed by atoms with van der Waals surface area (Å²) >= 11 is 6.20. The third kappa shape index (κ3) is 5.05. The first-order valence-electron chi connectivity index (χ1n) is 8.40. The summed E-state index contributed by atoms with van der Waals surface area (Å²) in [5.41, 5.74) is 1.39. The fourth-order valence-corrected chi connectivity index (χ4v) is 3.19. The largest absolute Gasteiger partial charge is 0.573 e. The average Bonchev–Trinajstić information content (AvgIpc) is 2.61. The standard InChI is InChI=1S/C19H19ClF3NO2/c20-16-4-2-1-3-15(16)14-5-6-17(26-19(21,22)23)18(11-14)25-12-13-7-9-24-10-8-13/h1-6,11,13,24H,7-10,12H2. The van der Waals surface area contributed by atoms with E-state index < -0.39 is 6.36 Å². The summed E-state index contributed by atoms with van der Waals surface area (Å²) in [5.74, 6) is 0.0273. The number of hydrogen-bond donors (Lipinski definition) is 1. The van der Waals surface area contributed by atoms with E-state index in [4.69, 9.17) is 16.3 Å². The van der Waals surface area contributed by atoms with Gasteiger partial charge in [-0.15, -0.1) is 13.2 Å². The Bertz CT molecular complexity index is 746. The van der Waals surface area contributed by atoms with Gasteiger partial charge in [0.1, 0.15) is 0 Å². The van der Waals surface area contributed by atoms with Crippen molar-refractivity contribution in [2.24, 2.45) is 5.92 Å². The number of piperidine rings is 1. The predicted molar refractivity (Wildman–Crippen MR) is 94.7 cm³/mol. The lowest BCUT2D eigenvalue weighted by Crippen LogP contribution is -2.30. The van der Waals surface area contributed by atoms with Crippen molar-refractivity contribution in [3.05, 3.63) is 47.5 Å². The maximum Gasteiger partial charge on any atom is 0.573 e. The minimum Gasteiger partial charge on any atom is -0.489 e. The van der Waals surface area contributed by atoms with Crippen molar-refractivity contribution in [1.29, 1.82) is 0 Å². The van der Waals surface area contributed by atoms with Crippen LogP contribution in [-0.2, 0) is 0 Å². The van der Waals surface area contributed by atoms with Crippen LogP contribution in [0, 0.1) is 5.92 Å². The molecule has 140 valence electrons. The molecule has 2 aromatic carbocycles. The van der Waals surface area contributed by atoms with Gasteiger partial charge in [-0.25, -0.2) is 0 Å². The molecule has 1 N–H and O–H groups in total. The highest BCUT2D eigenvalue weighted by atomic mass is 35.5. The van der Waals surface area contributed by atoms with Crippen LogP contribution in [0.15, 0.2) is 42.5 Å². The van der Waals surface area contributed by atoms with Crippen LogP contribution in [-0.4, -0.2) is 26.1 Å². The van der Waals surface area contributed by atoms with Crippen molar-refractivity contribution >= 4 is 11.6 Å². The third-order valence-corrected chi connectivity index (χ3v) is 4.62. The van der Waals surface area contributed by atoms with Crippen LogP contribution in [0.3, 0.4) is 0 Å². The molecule has 1 aliphatic heterocycles. The number of halogens is 4. The van der Waals surface area contributed by atoms with Crippen molar-refractivity contribution in [2.45, 2.75) is 19.2 Å². The Morgan fingerprint density at radius 3 is 2.46 bits per heavy atom. The molecule has 0 spiro atoms. The first kappa shape index (κ1) is 18.9. The van der Waals surface area contributed by atoms with Gasteiger partial charge in [0.25, 0.3) is 0 Å². The Balaban J connectivity index is 1.86. The van der Waals surface area contributed by atoms with Crippen molar-refractivity contribution in [3.63, 3.8) is 0 Å². The molecule has 0 amide bonds. The highest BCUT2D eigenvalue weighted by Crippen LogP contribution is 2.38. The maximum atomic E-state index is 12.7. The van der Waals surface area contributed by atoms with Gasteiger partial charge in [-0.05, 0) is 55.6 Å². The molecule has 0 atom stereocenters. The Hall–Kier alpha value is -1.92. The smallest absolute Gasteiger partial charge is 0.489 e. The minimum absolute atomic E-state index is 0.0678. The highest BCUT2D eigenvalue weighted by Gasteiger charge is 2.32. The van der Waals surface area contributed by atoms with Crippen LogP contribution >= 0.6 is 11.6 Å². The fraction of sp³-hybridized carbons (Fsp3) is 0.368. The van der Waals surface area contributed by atoms with Gasteiger partial charge in [-0.2, -0.15) is 0 Å². The van der Waals surface area contributed by atoms with Crippen LogP contribution in [0.1, 0.15) is 12.8 Å². The van der Waals surface area contributed by atoms with E-state index in [1.807, 2.05) is 6.07 Å². The van der Waals surface area contributed by atoms with E-state index in [1.54, 1.807) is 30.3 Å². The number of rotatable bonds is 5. The quantitative estimate of drug-likeness (QED) is 0.759. The molecule has 1 heterocycles. The van der Waals surface area contributed by atoms with Gasteiger partial charge < -0.3 is 14.8 Å². The lowest BCUT2D eigenvalue weighted by Gasteiger charge is -2.23. The summed E-state index contributed by atoms with van der Waals surface area (Å²) in [6.07, 6.45) is -2.92. The lowest BCUT2D eigenvalue weighted by atomic mass is 9.99. The fourth-order valence-electron chi connectivity index (χ4n) is 2.95. The van der Waals surface area contributed by atoms with E-state index in [0.717, 1.165) is 31.5 Å². The molecule has 0 aromatic heterocycles.